The zero-order chi connectivity index (χ0) is 16.3. The molecule has 7 heteroatoms. The third-order valence-corrected chi connectivity index (χ3v) is 3.97. The molecule has 0 aliphatic rings. The molecule has 0 bridgehead atoms. The Morgan fingerprint density at radius 1 is 1.32 bits per heavy atom. The van der Waals surface area contributed by atoms with Crippen molar-refractivity contribution < 1.29 is 4.79 Å². The highest BCUT2D eigenvalue weighted by Gasteiger charge is 2.21. The summed E-state index contributed by atoms with van der Waals surface area (Å²) in [6.45, 7) is 5.48. The van der Waals surface area contributed by atoms with E-state index < -0.39 is 0 Å². The molecule has 0 spiro atoms. The maximum atomic E-state index is 11.3. The number of H-pyrrole nitrogens is 1. The molecule has 2 N–H and O–H groups in total. The van der Waals surface area contributed by atoms with Crippen LogP contribution in [0.25, 0.3) is 0 Å². The van der Waals surface area contributed by atoms with Crippen LogP contribution >= 0.6 is 23.2 Å². The topological polar surface area (TPSA) is 70.7 Å². The van der Waals surface area contributed by atoms with Gasteiger partial charge in [-0.05, 0) is 23.6 Å². The summed E-state index contributed by atoms with van der Waals surface area (Å²) in [5.74, 6) is 1.28. The first kappa shape index (κ1) is 16.8. The monoisotopic (exact) mass is 340 g/mol. The van der Waals surface area contributed by atoms with Gasteiger partial charge in [0.2, 0.25) is 5.91 Å². The van der Waals surface area contributed by atoms with Gasteiger partial charge in [-0.15, -0.1) is 0 Å². The van der Waals surface area contributed by atoms with Gasteiger partial charge in [0.1, 0.15) is 5.82 Å². The summed E-state index contributed by atoms with van der Waals surface area (Å²) in [6.07, 6.45) is 0.455. The molecule has 0 fully saturated rings. The lowest BCUT2D eigenvalue weighted by molar-refractivity contribution is -0.120. The fraction of sp³-hybridized carbons (Fsp3) is 0.400. The number of carbonyl (C=O) groups is 1. The Morgan fingerprint density at radius 2 is 1.95 bits per heavy atom. The van der Waals surface area contributed by atoms with Crippen molar-refractivity contribution in [2.24, 2.45) is 5.92 Å². The Hall–Kier alpha value is -1.59. The van der Waals surface area contributed by atoms with Crippen molar-refractivity contribution in [3.63, 3.8) is 0 Å². The summed E-state index contributed by atoms with van der Waals surface area (Å²) >= 11 is 12.3. The van der Waals surface area contributed by atoms with Gasteiger partial charge in [0.15, 0.2) is 5.82 Å². The Morgan fingerprint density at radius 3 is 2.50 bits per heavy atom. The number of nitrogens with zero attached hydrogens (tertiary/aromatic N) is 2. The van der Waals surface area contributed by atoms with Crippen molar-refractivity contribution in [2.75, 3.05) is 0 Å². The number of amides is 1. The molecule has 2 aromatic rings. The Bertz CT molecular complexity index is 649. The van der Waals surface area contributed by atoms with Gasteiger partial charge in [0, 0.05) is 23.4 Å². The highest BCUT2D eigenvalue weighted by atomic mass is 35.5. The highest BCUT2D eigenvalue weighted by Crippen LogP contribution is 2.26. The second-order valence-electron chi connectivity index (χ2n) is 5.44. The standard InChI is InChI=1S/C15H18Cl2N4O/c1-8(2)14(18-9(3)22)15-19-13(20-21-15)7-10-11(16)5-4-6-12(10)17/h4-6,8,14H,7H2,1-3H3,(H,18,22)(H,19,20,21). The van der Waals surface area contributed by atoms with Crippen LogP contribution < -0.4 is 5.32 Å². The number of carbonyl (C=O) groups excluding carboxylic acids is 1. The van der Waals surface area contributed by atoms with Crippen LogP contribution in [0.4, 0.5) is 0 Å². The van der Waals surface area contributed by atoms with E-state index in [0.29, 0.717) is 28.1 Å². The molecule has 2 rings (SSSR count). The summed E-state index contributed by atoms with van der Waals surface area (Å²) in [5.41, 5.74) is 0.800. The van der Waals surface area contributed by atoms with Crippen molar-refractivity contribution in [2.45, 2.75) is 33.2 Å². The molecule has 22 heavy (non-hydrogen) atoms. The Balaban J connectivity index is 2.22. The predicted octanol–water partition coefficient (Wildman–Crippen LogP) is 3.54. The number of rotatable bonds is 5. The van der Waals surface area contributed by atoms with E-state index in [-0.39, 0.29) is 17.9 Å². The largest absolute Gasteiger partial charge is 0.346 e. The molecule has 0 saturated heterocycles. The first-order valence-electron chi connectivity index (χ1n) is 6.99. The van der Waals surface area contributed by atoms with Crippen LogP contribution in [0.3, 0.4) is 0 Å². The van der Waals surface area contributed by atoms with Crippen LogP contribution in [0.2, 0.25) is 10.0 Å². The molecule has 1 aromatic heterocycles. The number of hydrogen-bond donors (Lipinski definition) is 2. The van der Waals surface area contributed by atoms with Crippen molar-refractivity contribution in [3.05, 3.63) is 45.5 Å². The predicted molar refractivity (Wildman–Crippen MR) is 87.0 cm³/mol. The lowest BCUT2D eigenvalue weighted by Crippen LogP contribution is -2.30. The normalized spacial score (nSPS) is 12.5. The van der Waals surface area contributed by atoms with Gasteiger partial charge >= 0.3 is 0 Å². The molecule has 1 heterocycles. The molecule has 0 aliphatic heterocycles. The first-order chi connectivity index (χ1) is 10.4. The van der Waals surface area contributed by atoms with Crippen LogP contribution in [0.5, 0.6) is 0 Å². The van der Waals surface area contributed by atoms with E-state index in [1.54, 1.807) is 18.2 Å². The molecule has 5 nitrogen and oxygen atoms in total. The van der Waals surface area contributed by atoms with Gasteiger partial charge in [-0.3, -0.25) is 9.89 Å². The number of aromatic amines is 1. The minimum absolute atomic E-state index is 0.112. The summed E-state index contributed by atoms with van der Waals surface area (Å²) in [6, 6.07) is 5.14. The van der Waals surface area contributed by atoms with E-state index in [2.05, 4.69) is 20.5 Å². The summed E-state index contributed by atoms with van der Waals surface area (Å²) < 4.78 is 0. The van der Waals surface area contributed by atoms with Crippen LogP contribution in [0, 0.1) is 5.92 Å². The van der Waals surface area contributed by atoms with Gasteiger partial charge in [0.05, 0.1) is 6.04 Å². The summed E-state index contributed by atoms with van der Waals surface area (Å²) in [7, 11) is 0. The zero-order valence-corrected chi connectivity index (χ0v) is 14.2. The van der Waals surface area contributed by atoms with Crippen molar-refractivity contribution in [1.82, 2.24) is 20.5 Å². The molecule has 0 aliphatic carbocycles. The minimum atomic E-state index is -0.232. The van der Waals surface area contributed by atoms with Crippen LogP contribution in [-0.2, 0) is 11.2 Å². The SMILES string of the molecule is CC(=O)NC(c1n[nH]c(Cc2c(Cl)cccc2Cl)n1)C(C)C. The quantitative estimate of drug-likeness (QED) is 0.874. The lowest BCUT2D eigenvalue weighted by Gasteiger charge is -2.18. The van der Waals surface area contributed by atoms with Gasteiger partial charge in [-0.25, -0.2) is 4.98 Å². The van der Waals surface area contributed by atoms with Gasteiger partial charge in [-0.2, -0.15) is 5.10 Å². The average molecular weight is 341 g/mol. The van der Waals surface area contributed by atoms with E-state index in [4.69, 9.17) is 23.2 Å². The second-order valence-corrected chi connectivity index (χ2v) is 6.25. The molecule has 1 unspecified atom stereocenters. The van der Waals surface area contributed by atoms with E-state index in [9.17, 15) is 4.79 Å². The molecule has 1 aromatic carbocycles. The van der Waals surface area contributed by atoms with Crippen molar-refractivity contribution in [3.8, 4) is 0 Å². The molecular weight excluding hydrogens is 323 g/mol. The third-order valence-electron chi connectivity index (χ3n) is 3.26. The molecule has 0 radical (unpaired) electrons. The van der Waals surface area contributed by atoms with Crippen LogP contribution in [-0.4, -0.2) is 21.1 Å². The number of nitrogens with one attached hydrogen (secondary N) is 2. The number of halogens is 2. The maximum absolute atomic E-state index is 11.3. The number of aromatic nitrogens is 3. The average Bonchev–Trinajstić information content (AvgIpc) is 2.88. The fourth-order valence-corrected chi connectivity index (χ4v) is 2.68. The smallest absolute Gasteiger partial charge is 0.217 e. The Labute approximate surface area is 139 Å². The van der Waals surface area contributed by atoms with E-state index >= 15 is 0 Å². The lowest BCUT2D eigenvalue weighted by atomic mass is 10.0. The van der Waals surface area contributed by atoms with E-state index in [1.807, 2.05) is 13.8 Å². The summed E-state index contributed by atoms with van der Waals surface area (Å²) in [4.78, 5) is 15.8. The minimum Gasteiger partial charge on any atom is -0.346 e. The Kier molecular flexibility index (Phi) is 5.42. The molecule has 1 atom stereocenters. The molecular formula is C15H18Cl2N4O. The van der Waals surface area contributed by atoms with E-state index in [1.165, 1.54) is 6.92 Å². The van der Waals surface area contributed by atoms with Crippen LogP contribution in [0.15, 0.2) is 18.2 Å². The maximum Gasteiger partial charge on any atom is 0.217 e. The van der Waals surface area contributed by atoms with Crippen molar-refractivity contribution >= 4 is 29.1 Å². The van der Waals surface area contributed by atoms with Gasteiger partial charge in [0.25, 0.3) is 0 Å². The third kappa shape index (κ3) is 3.99. The second kappa shape index (κ2) is 7.11. The first-order valence-corrected chi connectivity index (χ1v) is 7.75. The van der Waals surface area contributed by atoms with Gasteiger partial charge < -0.3 is 5.32 Å². The highest BCUT2D eigenvalue weighted by molar-refractivity contribution is 6.36. The number of benzene rings is 1. The van der Waals surface area contributed by atoms with Crippen LogP contribution in [0.1, 0.15) is 44.0 Å². The molecule has 1 amide bonds. The van der Waals surface area contributed by atoms with E-state index in [0.717, 1.165) is 5.56 Å². The van der Waals surface area contributed by atoms with Gasteiger partial charge in [-0.1, -0.05) is 43.1 Å². The molecule has 0 saturated carbocycles. The molecule has 118 valence electrons. The zero-order valence-electron chi connectivity index (χ0n) is 12.7. The van der Waals surface area contributed by atoms with Crippen molar-refractivity contribution in [1.29, 1.82) is 0 Å². The fourth-order valence-electron chi connectivity index (χ4n) is 2.15. The number of hydrogen-bond acceptors (Lipinski definition) is 3. The summed E-state index contributed by atoms with van der Waals surface area (Å²) in [5, 5.41) is 11.1.